The van der Waals surface area contributed by atoms with Gasteiger partial charge in [-0.2, -0.15) is 0 Å². The Hall–Kier alpha value is -2.29. The zero-order chi connectivity index (χ0) is 23.0. The van der Waals surface area contributed by atoms with Crippen LogP contribution in [-0.4, -0.2) is 42.7 Å². The lowest BCUT2D eigenvalue weighted by molar-refractivity contribution is 0.0696. The first-order valence-corrected chi connectivity index (χ1v) is 12.6. The van der Waals surface area contributed by atoms with E-state index >= 15 is 0 Å². The quantitative estimate of drug-likeness (QED) is 0.636. The van der Waals surface area contributed by atoms with Gasteiger partial charge < -0.3 is 10.2 Å². The van der Waals surface area contributed by atoms with Crippen LogP contribution in [0.2, 0.25) is 10.0 Å². The summed E-state index contributed by atoms with van der Waals surface area (Å²) in [5.74, 6) is -0.118. The normalized spacial score (nSPS) is 18.1. The Labute approximate surface area is 197 Å². The largest absolute Gasteiger partial charge is 0.339 e. The van der Waals surface area contributed by atoms with Crippen molar-refractivity contribution < 1.29 is 18.0 Å². The molecule has 0 bridgehead atoms. The highest BCUT2D eigenvalue weighted by Gasteiger charge is 2.39. The second kappa shape index (κ2) is 8.92. The number of sulfonamides is 1. The number of nitrogens with one attached hydrogen (secondary N) is 1. The number of hydrogen-bond acceptors (Lipinski definition) is 4. The molecule has 1 heterocycles. The predicted molar refractivity (Wildman–Crippen MR) is 124 cm³/mol. The lowest BCUT2D eigenvalue weighted by Gasteiger charge is -2.31. The Morgan fingerprint density at radius 2 is 1.88 bits per heavy atom. The van der Waals surface area contributed by atoms with E-state index in [-0.39, 0.29) is 39.1 Å². The zero-order valence-corrected chi connectivity index (χ0v) is 19.8. The molecule has 1 fully saturated rings. The highest BCUT2D eigenvalue weighted by Crippen LogP contribution is 2.38. The van der Waals surface area contributed by atoms with Crippen LogP contribution in [0.5, 0.6) is 0 Å². The van der Waals surface area contributed by atoms with Gasteiger partial charge in [0.15, 0.2) is 0 Å². The number of carbonyl (C=O) groups is 2. The number of carbonyl (C=O) groups excluding carboxylic acids is 2. The Kier molecular flexibility index (Phi) is 6.38. The maximum absolute atomic E-state index is 13.1. The van der Waals surface area contributed by atoms with Crippen molar-refractivity contribution in [2.75, 3.05) is 12.4 Å². The van der Waals surface area contributed by atoms with Crippen LogP contribution < -0.4 is 5.32 Å². The van der Waals surface area contributed by atoms with Crippen molar-refractivity contribution in [1.29, 1.82) is 0 Å². The number of benzene rings is 2. The van der Waals surface area contributed by atoms with Crippen LogP contribution in [0.3, 0.4) is 0 Å². The average molecular weight is 496 g/mol. The van der Waals surface area contributed by atoms with E-state index < -0.39 is 16.1 Å². The highest BCUT2D eigenvalue weighted by molar-refractivity contribution is 7.90. The van der Waals surface area contributed by atoms with Gasteiger partial charge in [-0.05, 0) is 42.7 Å². The van der Waals surface area contributed by atoms with Gasteiger partial charge >= 0.3 is 6.03 Å². The molecule has 0 aromatic heterocycles. The molecule has 4 rings (SSSR count). The summed E-state index contributed by atoms with van der Waals surface area (Å²) in [6, 6.07) is 8.75. The number of rotatable bonds is 4. The van der Waals surface area contributed by atoms with Crippen molar-refractivity contribution in [2.45, 2.75) is 49.6 Å². The number of amides is 3. The number of fused-ring (bicyclic) bond motifs is 1. The summed E-state index contributed by atoms with van der Waals surface area (Å²) in [5.41, 5.74) is 1.01. The first kappa shape index (κ1) is 22.9. The SMILES string of the molecule is CN(C(=O)c1cccc(CN2C(=O)Nc3cc(Cl)cc(Cl)c3S2(=O)=O)c1)C1CCCCC1. The molecule has 1 N–H and O–H groups in total. The fraction of sp³-hybridized carbons (Fsp3) is 0.364. The van der Waals surface area contributed by atoms with Crippen molar-refractivity contribution in [3.8, 4) is 0 Å². The van der Waals surface area contributed by atoms with Gasteiger partial charge in [-0.1, -0.05) is 54.6 Å². The standard InChI is InChI=1S/C22H23Cl2N3O4S/c1-26(17-8-3-2-4-9-17)21(28)15-7-5-6-14(10-15)13-27-22(29)25-19-12-16(23)11-18(24)20(19)32(27,30)31/h5-7,10-12,17H,2-4,8-9,13H2,1H3,(H,25,29). The molecule has 1 aliphatic carbocycles. The summed E-state index contributed by atoms with van der Waals surface area (Å²) >= 11 is 12.1. The van der Waals surface area contributed by atoms with Crippen LogP contribution in [0, 0.1) is 0 Å². The van der Waals surface area contributed by atoms with E-state index in [1.807, 2.05) is 0 Å². The number of nitrogens with zero attached hydrogens (tertiary/aromatic N) is 2. The minimum Gasteiger partial charge on any atom is -0.339 e. The molecule has 2 aliphatic rings. The summed E-state index contributed by atoms with van der Waals surface area (Å²) in [5, 5.41) is 2.67. The molecule has 32 heavy (non-hydrogen) atoms. The van der Waals surface area contributed by atoms with Gasteiger partial charge in [0.2, 0.25) is 0 Å². The van der Waals surface area contributed by atoms with Crippen LogP contribution >= 0.6 is 23.2 Å². The minimum atomic E-state index is -4.21. The van der Waals surface area contributed by atoms with Crippen LogP contribution in [-0.2, 0) is 16.6 Å². The molecule has 0 atom stereocenters. The number of urea groups is 1. The number of anilines is 1. The first-order chi connectivity index (χ1) is 15.2. The highest BCUT2D eigenvalue weighted by atomic mass is 35.5. The maximum atomic E-state index is 13.1. The molecule has 3 amide bonds. The van der Waals surface area contributed by atoms with E-state index in [9.17, 15) is 18.0 Å². The van der Waals surface area contributed by atoms with E-state index in [1.165, 1.54) is 18.6 Å². The van der Waals surface area contributed by atoms with Gasteiger partial charge in [-0.3, -0.25) is 4.79 Å². The molecule has 0 radical (unpaired) electrons. The van der Waals surface area contributed by atoms with Crippen LogP contribution in [0.15, 0.2) is 41.3 Å². The van der Waals surface area contributed by atoms with Gasteiger partial charge in [-0.15, -0.1) is 0 Å². The van der Waals surface area contributed by atoms with Crippen molar-refractivity contribution in [3.05, 3.63) is 57.6 Å². The van der Waals surface area contributed by atoms with Gasteiger partial charge in [0.05, 0.1) is 17.3 Å². The van der Waals surface area contributed by atoms with Gasteiger partial charge in [-0.25, -0.2) is 17.5 Å². The summed E-state index contributed by atoms with van der Waals surface area (Å²) in [6.45, 7) is -0.235. The molecule has 1 aliphatic heterocycles. The van der Waals surface area contributed by atoms with Crippen LogP contribution in [0.4, 0.5) is 10.5 Å². The Morgan fingerprint density at radius 3 is 2.59 bits per heavy atom. The summed E-state index contributed by atoms with van der Waals surface area (Å²) in [6.07, 6.45) is 5.38. The third-order valence-corrected chi connectivity index (χ3v) is 8.43. The fourth-order valence-corrected chi connectivity index (χ4v) is 6.56. The molecule has 2 aromatic rings. The monoisotopic (exact) mass is 495 g/mol. The molecule has 0 unspecified atom stereocenters. The predicted octanol–water partition coefficient (Wildman–Crippen LogP) is 5.13. The summed E-state index contributed by atoms with van der Waals surface area (Å²) < 4.78 is 27.0. The number of halogens is 2. The average Bonchev–Trinajstić information content (AvgIpc) is 2.75. The molecular formula is C22H23Cl2N3O4S. The molecule has 170 valence electrons. The lowest BCUT2D eigenvalue weighted by Crippen LogP contribution is -2.43. The molecule has 0 spiro atoms. The number of hydrogen-bond donors (Lipinski definition) is 1. The molecule has 0 saturated heterocycles. The van der Waals surface area contributed by atoms with Crippen LogP contribution in [0.1, 0.15) is 48.0 Å². The van der Waals surface area contributed by atoms with Crippen molar-refractivity contribution >= 4 is 50.9 Å². The van der Waals surface area contributed by atoms with E-state index in [1.54, 1.807) is 36.2 Å². The topological polar surface area (TPSA) is 86.8 Å². The summed E-state index contributed by atoms with van der Waals surface area (Å²) in [4.78, 5) is 27.2. The summed E-state index contributed by atoms with van der Waals surface area (Å²) in [7, 11) is -2.41. The van der Waals surface area contributed by atoms with Gasteiger partial charge in [0, 0.05) is 23.7 Å². The fourth-order valence-electron chi connectivity index (χ4n) is 4.28. The molecule has 1 saturated carbocycles. The van der Waals surface area contributed by atoms with Gasteiger partial charge in [0.25, 0.3) is 15.9 Å². The second-order valence-electron chi connectivity index (χ2n) is 8.11. The van der Waals surface area contributed by atoms with Crippen molar-refractivity contribution in [1.82, 2.24) is 9.21 Å². The van der Waals surface area contributed by atoms with Crippen LogP contribution in [0.25, 0.3) is 0 Å². The molecule has 2 aromatic carbocycles. The Bertz CT molecular complexity index is 1180. The van der Waals surface area contributed by atoms with Crippen molar-refractivity contribution in [2.24, 2.45) is 0 Å². The third-order valence-electron chi connectivity index (χ3n) is 5.97. The first-order valence-electron chi connectivity index (χ1n) is 10.4. The van der Waals surface area contributed by atoms with E-state index in [2.05, 4.69) is 5.32 Å². The third kappa shape index (κ3) is 4.31. The lowest BCUT2D eigenvalue weighted by atomic mass is 9.94. The zero-order valence-electron chi connectivity index (χ0n) is 17.5. The van der Waals surface area contributed by atoms with E-state index in [4.69, 9.17) is 23.2 Å². The second-order valence-corrected chi connectivity index (χ2v) is 10.8. The molecule has 7 nitrogen and oxygen atoms in total. The maximum Gasteiger partial charge on any atom is 0.336 e. The Balaban J connectivity index is 1.59. The van der Waals surface area contributed by atoms with E-state index in [0.29, 0.717) is 15.4 Å². The van der Waals surface area contributed by atoms with Gasteiger partial charge in [0.1, 0.15) is 4.90 Å². The smallest absolute Gasteiger partial charge is 0.336 e. The minimum absolute atomic E-state index is 0.0433. The Morgan fingerprint density at radius 1 is 1.16 bits per heavy atom. The van der Waals surface area contributed by atoms with E-state index in [0.717, 1.165) is 25.7 Å². The molecule has 10 heteroatoms. The van der Waals surface area contributed by atoms with Crippen molar-refractivity contribution in [3.63, 3.8) is 0 Å². The molecular weight excluding hydrogens is 473 g/mol.